The van der Waals surface area contributed by atoms with Gasteiger partial charge in [0.25, 0.3) is 6.43 Å². The van der Waals surface area contributed by atoms with Gasteiger partial charge in [0.2, 0.25) is 0 Å². The topological polar surface area (TPSA) is 71.8 Å². The van der Waals surface area contributed by atoms with Crippen molar-refractivity contribution in [3.05, 3.63) is 54.6 Å². The number of carbonyl (C=O) groups is 1. The average Bonchev–Trinajstić information content (AvgIpc) is 3.06. The molecule has 0 bridgehead atoms. The van der Waals surface area contributed by atoms with Crippen LogP contribution < -0.4 is 10.6 Å². The van der Waals surface area contributed by atoms with Gasteiger partial charge in [-0.05, 0) is 48.9 Å². The molecule has 9 heteroatoms. The molecule has 3 aromatic rings. The summed E-state index contributed by atoms with van der Waals surface area (Å²) in [5.74, 6) is -0.107. The molecule has 0 saturated heterocycles. The first-order valence-corrected chi connectivity index (χ1v) is 8.59. The molecule has 146 valence electrons. The van der Waals surface area contributed by atoms with Crippen LogP contribution in [0.3, 0.4) is 0 Å². The first kappa shape index (κ1) is 19.4. The number of rotatable bonds is 6. The molecule has 2 heterocycles. The van der Waals surface area contributed by atoms with Gasteiger partial charge in [0.15, 0.2) is 0 Å². The predicted octanol–water partition coefficient (Wildman–Crippen LogP) is 4.16. The lowest BCUT2D eigenvalue weighted by atomic mass is 10.0. The molecule has 0 aliphatic carbocycles. The van der Waals surface area contributed by atoms with Gasteiger partial charge in [-0.2, -0.15) is 5.10 Å². The van der Waals surface area contributed by atoms with E-state index in [4.69, 9.17) is 0 Å². The summed E-state index contributed by atoms with van der Waals surface area (Å²) >= 11 is 0. The fraction of sp³-hybridized carbons (Fsp3) is 0.211. The summed E-state index contributed by atoms with van der Waals surface area (Å²) in [6, 6.07) is 8.51. The molecule has 0 atom stereocenters. The first-order chi connectivity index (χ1) is 13.5. The lowest BCUT2D eigenvalue weighted by Crippen LogP contribution is -2.28. The van der Waals surface area contributed by atoms with E-state index in [0.717, 1.165) is 4.68 Å². The third-order valence-corrected chi connectivity index (χ3v) is 3.85. The summed E-state index contributed by atoms with van der Waals surface area (Å²) in [5, 5.41) is 9.44. The van der Waals surface area contributed by atoms with Crippen LogP contribution in [0.15, 0.2) is 48.8 Å². The molecule has 0 saturated carbocycles. The van der Waals surface area contributed by atoms with E-state index in [-0.39, 0.29) is 0 Å². The number of nitrogens with one attached hydrogen (secondary N) is 2. The molecule has 0 unspecified atom stereocenters. The smallest absolute Gasteiger partial charge is 0.320 e. The minimum absolute atomic E-state index is 0.301. The molecule has 28 heavy (non-hydrogen) atoms. The van der Waals surface area contributed by atoms with Crippen LogP contribution in [0.25, 0.3) is 22.4 Å². The summed E-state index contributed by atoms with van der Waals surface area (Å²) in [6.07, 6.45) is 0.424. The number of carbonyl (C=O) groups excluding carboxylic acids is 1. The second-order valence-electron chi connectivity index (χ2n) is 5.93. The number of benzene rings is 1. The van der Waals surface area contributed by atoms with Crippen LogP contribution in [0.2, 0.25) is 0 Å². The van der Waals surface area contributed by atoms with Crippen molar-refractivity contribution in [1.29, 1.82) is 0 Å². The fourth-order valence-corrected chi connectivity index (χ4v) is 2.68. The van der Waals surface area contributed by atoms with Gasteiger partial charge in [0, 0.05) is 30.1 Å². The van der Waals surface area contributed by atoms with E-state index >= 15 is 0 Å². The predicted molar refractivity (Wildman–Crippen MR) is 99.6 cm³/mol. The normalized spacial score (nSPS) is 10.9. The van der Waals surface area contributed by atoms with E-state index in [1.54, 1.807) is 19.1 Å². The Morgan fingerprint density at radius 3 is 2.61 bits per heavy atom. The van der Waals surface area contributed by atoms with Gasteiger partial charge in [0.05, 0.1) is 0 Å². The molecule has 3 rings (SSSR count). The summed E-state index contributed by atoms with van der Waals surface area (Å²) in [5.41, 5.74) is 2.20. The second kappa shape index (κ2) is 8.55. The number of alkyl halides is 2. The van der Waals surface area contributed by atoms with Crippen molar-refractivity contribution in [2.75, 3.05) is 11.9 Å². The van der Waals surface area contributed by atoms with Crippen LogP contribution in [-0.4, -0.2) is 33.8 Å². The molecule has 0 aliphatic rings. The maximum absolute atomic E-state index is 13.3. The van der Waals surface area contributed by atoms with Crippen LogP contribution >= 0.6 is 0 Å². The minimum atomic E-state index is -2.57. The number of halogens is 3. The highest BCUT2D eigenvalue weighted by Gasteiger charge is 2.16. The van der Waals surface area contributed by atoms with Crippen molar-refractivity contribution < 1.29 is 18.0 Å². The zero-order chi connectivity index (χ0) is 20.1. The van der Waals surface area contributed by atoms with Crippen LogP contribution in [0.5, 0.6) is 0 Å². The van der Waals surface area contributed by atoms with E-state index in [9.17, 15) is 18.0 Å². The van der Waals surface area contributed by atoms with Gasteiger partial charge in [-0.15, -0.1) is 0 Å². The summed E-state index contributed by atoms with van der Waals surface area (Å²) < 4.78 is 40.1. The first-order valence-electron chi connectivity index (χ1n) is 8.59. The van der Waals surface area contributed by atoms with Gasteiger partial charge >= 0.3 is 6.03 Å². The zero-order valence-electron chi connectivity index (χ0n) is 15.0. The number of aromatic nitrogens is 3. The van der Waals surface area contributed by atoms with Crippen molar-refractivity contribution in [2.24, 2.45) is 0 Å². The number of anilines is 1. The maximum atomic E-state index is 13.3. The Kier molecular flexibility index (Phi) is 5.93. The molecule has 1 aromatic carbocycles. The van der Waals surface area contributed by atoms with Crippen molar-refractivity contribution in [3.63, 3.8) is 0 Å². The number of amides is 2. The third kappa shape index (κ3) is 4.67. The zero-order valence-corrected chi connectivity index (χ0v) is 15.0. The maximum Gasteiger partial charge on any atom is 0.320 e. The minimum Gasteiger partial charge on any atom is -0.338 e. The van der Waals surface area contributed by atoms with E-state index in [2.05, 4.69) is 20.7 Å². The Morgan fingerprint density at radius 1 is 1.18 bits per heavy atom. The summed E-state index contributed by atoms with van der Waals surface area (Å²) in [7, 11) is 0. The molecule has 2 amide bonds. The van der Waals surface area contributed by atoms with E-state index in [0.29, 0.717) is 34.7 Å². The number of pyridine rings is 1. The SMILES string of the molecule is CCNC(=O)Nc1cc(-c2cn(CC(F)F)nc2-c2ccc(F)cc2)ccn1. The average molecular weight is 389 g/mol. The molecule has 0 spiro atoms. The molecular formula is C19H18F3N5O. The van der Waals surface area contributed by atoms with Crippen molar-refractivity contribution in [3.8, 4) is 22.4 Å². The summed E-state index contributed by atoms with van der Waals surface area (Å²) in [6.45, 7) is 1.68. The Morgan fingerprint density at radius 2 is 1.93 bits per heavy atom. The van der Waals surface area contributed by atoms with Crippen molar-refractivity contribution >= 4 is 11.8 Å². The Hall–Kier alpha value is -3.36. The van der Waals surface area contributed by atoms with Crippen LogP contribution in [-0.2, 0) is 6.54 Å². The highest BCUT2D eigenvalue weighted by atomic mass is 19.3. The van der Waals surface area contributed by atoms with Gasteiger partial charge in [0.1, 0.15) is 23.9 Å². The number of hydrogen-bond acceptors (Lipinski definition) is 3. The lowest BCUT2D eigenvalue weighted by Gasteiger charge is -2.07. The molecule has 2 N–H and O–H groups in total. The summed E-state index contributed by atoms with van der Waals surface area (Å²) in [4.78, 5) is 15.8. The number of nitrogens with zero attached hydrogens (tertiary/aromatic N) is 3. The van der Waals surface area contributed by atoms with Crippen LogP contribution in [0, 0.1) is 5.82 Å². The highest BCUT2D eigenvalue weighted by molar-refractivity contribution is 5.89. The van der Waals surface area contributed by atoms with Gasteiger partial charge < -0.3 is 5.32 Å². The second-order valence-corrected chi connectivity index (χ2v) is 5.93. The Labute approximate surface area is 159 Å². The third-order valence-electron chi connectivity index (χ3n) is 3.85. The van der Waals surface area contributed by atoms with Crippen LogP contribution in [0.1, 0.15) is 6.92 Å². The van der Waals surface area contributed by atoms with Crippen LogP contribution in [0.4, 0.5) is 23.8 Å². The largest absolute Gasteiger partial charge is 0.338 e. The standard InChI is InChI=1S/C19H18F3N5O/c1-2-23-19(28)25-17-9-13(7-8-24-17)15-10-27(11-16(21)22)26-18(15)12-3-5-14(20)6-4-12/h3-10,16H,2,11H2,1H3,(H2,23,24,25,28). The Bertz CT molecular complexity index is 956. The quantitative estimate of drug-likeness (QED) is 0.665. The van der Waals surface area contributed by atoms with Gasteiger partial charge in [-0.3, -0.25) is 10.00 Å². The van der Waals surface area contributed by atoms with Gasteiger partial charge in [-0.1, -0.05) is 0 Å². The van der Waals surface area contributed by atoms with E-state index < -0.39 is 24.8 Å². The number of hydrogen-bond donors (Lipinski definition) is 2. The molecule has 0 aliphatic heterocycles. The molecular weight excluding hydrogens is 371 g/mol. The fourth-order valence-electron chi connectivity index (χ4n) is 2.68. The van der Waals surface area contributed by atoms with Gasteiger partial charge in [-0.25, -0.2) is 22.9 Å². The Balaban J connectivity index is 2.01. The van der Waals surface area contributed by atoms with Crippen molar-refractivity contribution in [1.82, 2.24) is 20.1 Å². The van der Waals surface area contributed by atoms with E-state index in [1.807, 2.05) is 0 Å². The molecule has 2 aromatic heterocycles. The van der Waals surface area contributed by atoms with E-state index in [1.165, 1.54) is 36.7 Å². The highest BCUT2D eigenvalue weighted by Crippen LogP contribution is 2.32. The molecule has 0 radical (unpaired) electrons. The monoisotopic (exact) mass is 389 g/mol. The number of urea groups is 1. The molecule has 0 fully saturated rings. The molecule has 6 nitrogen and oxygen atoms in total. The lowest BCUT2D eigenvalue weighted by molar-refractivity contribution is 0.122. The van der Waals surface area contributed by atoms with Crippen molar-refractivity contribution in [2.45, 2.75) is 19.9 Å².